The molecule has 3 amide bonds. The van der Waals surface area contributed by atoms with Crippen LogP contribution in [0.15, 0.2) is 54.3 Å². The summed E-state index contributed by atoms with van der Waals surface area (Å²) in [6.45, 7) is 8.64. The molecule has 0 saturated carbocycles. The van der Waals surface area contributed by atoms with Gasteiger partial charge in [-0.15, -0.1) is 0 Å². The lowest BCUT2D eigenvalue weighted by Gasteiger charge is -2.39. The average Bonchev–Trinajstić information content (AvgIpc) is 3.20. The van der Waals surface area contributed by atoms with Crippen LogP contribution >= 0.6 is 0 Å². The first-order chi connectivity index (χ1) is 27.5. The summed E-state index contributed by atoms with van der Waals surface area (Å²) in [4.78, 5) is 113. The maximum absolute atomic E-state index is 14.8. The SMILES string of the molecule is CCC(C)c1cc2c(O)c3ccc4c(OC)c5c(O)c6c(=O)ccc(=O)c6c(O)c5c(=O)c4c3c(=O)c2c(=O)n1CC(=O)N1CC(C(=O)N(CC)CC)NC(=O)C1C. The highest BCUT2D eigenvalue weighted by atomic mass is 16.5. The molecule has 2 heterocycles. The fourth-order valence-electron chi connectivity index (χ4n) is 8.29. The number of likely N-dealkylation sites (N-methyl/N-ethyl adjacent to an activating group) is 1. The Labute approximate surface area is 327 Å². The highest BCUT2D eigenvalue weighted by Gasteiger charge is 2.39. The number of aromatic hydroxyl groups is 3. The van der Waals surface area contributed by atoms with E-state index in [4.69, 9.17) is 4.74 Å². The number of carbonyl (C=O) groups excluding carboxylic acids is 3. The lowest BCUT2D eigenvalue weighted by molar-refractivity contribution is -0.149. The third kappa shape index (κ3) is 5.56. The number of carbonyl (C=O) groups is 3. The molecule has 7 rings (SSSR count). The first kappa shape index (κ1) is 39.4. The van der Waals surface area contributed by atoms with E-state index >= 15 is 0 Å². The molecule has 0 bridgehead atoms. The zero-order valence-electron chi connectivity index (χ0n) is 32.5. The van der Waals surface area contributed by atoms with E-state index in [1.54, 1.807) is 20.8 Å². The second-order valence-electron chi connectivity index (χ2n) is 14.6. The number of aromatic nitrogens is 1. The molecule has 0 aliphatic carbocycles. The Bertz CT molecular complexity index is 3090. The number of phenols is 3. The van der Waals surface area contributed by atoms with Crippen LogP contribution in [0.2, 0.25) is 0 Å². The molecule has 58 heavy (non-hydrogen) atoms. The third-order valence-corrected chi connectivity index (χ3v) is 11.6. The van der Waals surface area contributed by atoms with Gasteiger partial charge in [-0.25, -0.2) is 0 Å². The largest absolute Gasteiger partial charge is 0.507 e. The number of pyridine rings is 1. The molecule has 0 radical (unpaired) electrons. The van der Waals surface area contributed by atoms with E-state index in [1.165, 1.54) is 42.0 Å². The standard InChI is InChI=1S/C42H40N4O12/c1-7-17(4)23-14-21-29(42(57)46(23)16-26(49)45-15-22(43-40(55)18(45)5)41(56)44(8-2)9-3)35(51)27-19(34(21)50)10-11-20-28(27)36(52)32-33(39(20)58-6)38(54)31-25(48)13-12-24(47)30(31)37(32)53/h10-14,17-18,22,50,53-54H,7-9,15-16H2,1-6H3,(H,43,55). The summed E-state index contributed by atoms with van der Waals surface area (Å²) in [5, 5.41) is 33.2. The number of methoxy groups -OCH3 is 1. The second kappa shape index (κ2) is 14.3. The van der Waals surface area contributed by atoms with Crippen LogP contribution in [0.4, 0.5) is 0 Å². The van der Waals surface area contributed by atoms with Crippen molar-refractivity contribution in [2.75, 3.05) is 26.7 Å². The number of benzene rings is 5. The van der Waals surface area contributed by atoms with Crippen LogP contribution in [0.1, 0.15) is 52.7 Å². The Morgan fingerprint density at radius 3 is 1.95 bits per heavy atom. The Morgan fingerprint density at radius 1 is 0.793 bits per heavy atom. The Balaban J connectivity index is 1.52. The molecule has 16 heteroatoms. The fraction of sp³-hybridized carbons (Fsp3) is 0.333. The predicted octanol–water partition coefficient (Wildman–Crippen LogP) is 2.15. The molecule has 5 aromatic carbocycles. The number of piperazine rings is 1. The first-order valence-corrected chi connectivity index (χ1v) is 18.8. The summed E-state index contributed by atoms with van der Waals surface area (Å²) in [7, 11) is 1.18. The molecular formula is C42H40N4O12. The van der Waals surface area contributed by atoms with Gasteiger partial charge in [0.1, 0.15) is 41.6 Å². The second-order valence-corrected chi connectivity index (χ2v) is 14.6. The quantitative estimate of drug-likeness (QED) is 0.0988. The fourth-order valence-corrected chi connectivity index (χ4v) is 8.29. The van der Waals surface area contributed by atoms with Crippen molar-refractivity contribution in [1.82, 2.24) is 19.7 Å². The van der Waals surface area contributed by atoms with Crippen LogP contribution in [0.25, 0.3) is 53.9 Å². The van der Waals surface area contributed by atoms with Gasteiger partial charge in [0.05, 0.1) is 40.6 Å². The van der Waals surface area contributed by atoms with Crippen LogP contribution < -0.4 is 37.3 Å². The number of amides is 3. The molecule has 3 atom stereocenters. The van der Waals surface area contributed by atoms with Crippen LogP contribution in [0, 0.1) is 0 Å². The van der Waals surface area contributed by atoms with Gasteiger partial charge in [0, 0.05) is 45.7 Å². The van der Waals surface area contributed by atoms with E-state index < -0.39 is 113 Å². The minimum Gasteiger partial charge on any atom is -0.507 e. The van der Waals surface area contributed by atoms with Crippen molar-refractivity contribution >= 4 is 71.6 Å². The number of ether oxygens (including phenoxy) is 1. The van der Waals surface area contributed by atoms with Gasteiger partial charge < -0.3 is 39.7 Å². The molecule has 300 valence electrons. The smallest absolute Gasteiger partial charge is 0.263 e. The molecule has 6 aromatic rings. The number of nitrogens with one attached hydrogen (secondary N) is 1. The van der Waals surface area contributed by atoms with Gasteiger partial charge in [0.15, 0.2) is 16.3 Å². The Morgan fingerprint density at radius 2 is 1.36 bits per heavy atom. The number of hydrogen-bond acceptors (Lipinski definition) is 12. The van der Waals surface area contributed by atoms with Gasteiger partial charge in [0.25, 0.3) is 5.56 Å². The van der Waals surface area contributed by atoms with Gasteiger partial charge in [-0.1, -0.05) is 13.8 Å². The monoisotopic (exact) mass is 792 g/mol. The summed E-state index contributed by atoms with van der Waals surface area (Å²) in [6.07, 6.45) is 0.474. The van der Waals surface area contributed by atoms with Crippen molar-refractivity contribution in [2.24, 2.45) is 0 Å². The summed E-state index contributed by atoms with van der Waals surface area (Å²) >= 11 is 0. The molecule has 16 nitrogen and oxygen atoms in total. The topological polar surface area (TPSA) is 230 Å². The highest BCUT2D eigenvalue weighted by Crippen LogP contribution is 2.46. The molecule has 1 saturated heterocycles. The summed E-state index contributed by atoms with van der Waals surface area (Å²) in [5.41, 5.74) is -4.45. The summed E-state index contributed by atoms with van der Waals surface area (Å²) in [5.74, 6) is -4.54. The van der Waals surface area contributed by atoms with E-state index in [9.17, 15) is 53.7 Å². The maximum atomic E-state index is 14.8. The van der Waals surface area contributed by atoms with Crippen LogP contribution in [-0.2, 0) is 20.9 Å². The van der Waals surface area contributed by atoms with E-state index in [-0.39, 0.29) is 40.3 Å². The van der Waals surface area contributed by atoms with Crippen molar-refractivity contribution in [1.29, 1.82) is 0 Å². The molecule has 4 N–H and O–H groups in total. The predicted molar refractivity (Wildman–Crippen MR) is 217 cm³/mol. The summed E-state index contributed by atoms with van der Waals surface area (Å²) < 4.78 is 6.70. The van der Waals surface area contributed by atoms with Crippen LogP contribution in [0.5, 0.6) is 23.0 Å². The number of fused-ring (bicyclic) bond motifs is 6. The lowest BCUT2D eigenvalue weighted by Crippen LogP contribution is -2.65. The normalized spacial score (nSPS) is 16.4. The van der Waals surface area contributed by atoms with Crippen molar-refractivity contribution in [2.45, 2.75) is 65.6 Å². The van der Waals surface area contributed by atoms with Gasteiger partial charge >= 0.3 is 0 Å². The van der Waals surface area contributed by atoms with Crippen LogP contribution in [-0.4, -0.2) is 86.2 Å². The number of nitrogens with zero attached hydrogens (tertiary/aromatic N) is 3. The van der Waals surface area contributed by atoms with Crippen molar-refractivity contribution in [3.05, 3.63) is 87.3 Å². The molecule has 3 unspecified atom stereocenters. The molecule has 1 fully saturated rings. The van der Waals surface area contributed by atoms with E-state index in [2.05, 4.69) is 5.32 Å². The van der Waals surface area contributed by atoms with Gasteiger partial charge in [-0.05, 0) is 63.4 Å². The molecular weight excluding hydrogens is 752 g/mol. The molecule has 1 aliphatic rings. The highest BCUT2D eigenvalue weighted by molar-refractivity contribution is 6.24. The Hall–Kier alpha value is -6.84. The Kier molecular flexibility index (Phi) is 9.69. The zero-order chi connectivity index (χ0) is 42.2. The van der Waals surface area contributed by atoms with E-state index in [0.29, 0.717) is 25.2 Å². The molecule has 0 spiro atoms. The molecule has 1 aromatic heterocycles. The van der Waals surface area contributed by atoms with Gasteiger partial charge in [0.2, 0.25) is 23.2 Å². The zero-order valence-corrected chi connectivity index (χ0v) is 32.5. The maximum Gasteiger partial charge on any atom is 0.263 e. The van der Waals surface area contributed by atoms with Crippen molar-refractivity contribution < 1.29 is 34.4 Å². The summed E-state index contributed by atoms with van der Waals surface area (Å²) in [6, 6.07) is 3.85. The van der Waals surface area contributed by atoms with Crippen LogP contribution in [0.3, 0.4) is 0 Å². The van der Waals surface area contributed by atoms with Gasteiger partial charge in [-0.2, -0.15) is 0 Å². The number of hydrogen-bond donors (Lipinski definition) is 4. The van der Waals surface area contributed by atoms with Gasteiger partial charge in [-0.3, -0.25) is 38.4 Å². The minimum absolute atomic E-state index is 0.0824. The van der Waals surface area contributed by atoms with Crippen molar-refractivity contribution in [3.63, 3.8) is 0 Å². The van der Waals surface area contributed by atoms with Crippen molar-refractivity contribution in [3.8, 4) is 23.0 Å². The number of rotatable bonds is 8. The lowest BCUT2D eigenvalue weighted by atomic mass is 9.91. The minimum atomic E-state index is -1.07. The third-order valence-electron chi connectivity index (χ3n) is 11.6. The molecule has 1 aliphatic heterocycles. The number of phenolic OH excluding ortho intramolecular Hbond substituents is 3. The van der Waals surface area contributed by atoms with E-state index in [1.807, 2.05) is 6.92 Å². The average molecular weight is 793 g/mol. The van der Waals surface area contributed by atoms with E-state index in [0.717, 1.165) is 16.7 Å². The first-order valence-electron chi connectivity index (χ1n) is 18.8.